The first-order valence-electron chi connectivity index (χ1n) is 7.13. The number of aliphatic hydroxyl groups is 1. The predicted octanol–water partition coefficient (Wildman–Crippen LogP) is 2.24. The van der Waals surface area contributed by atoms with Crippen molar-refractivity contribution in [1.29, 1.82) is 0 Å². The van der Waals surface area contributed by atoms with Crippen LogP contribution in [0, 0.1) is 45.4 Å². The largest absolute Gasteiger partial charge is 0.466 e. The highest BCUT2D eigenvalue weighted by atomic mass is 16.5. The van der Waals surface area contributed by atoms with E-state index in [9.17, 15) is 5.11 Å². The third kappa shape index (κ3) is 3.14. The molecule has 1 aromatic carbocycles. The highest BCUT2D eigenvalue weighted by Crippen LogP contribution is 2.33. The van der Waals surface area contributed by atoms with Crippen LogP contribution >= 0.6 is 0 Å². The molecule has 1 fully saturated rings. The highest BCUT2D eigenvalue weighted by molar-refractivity contribution is 5.38. The minimum absolute atomic E-state index is 0.674. The van der Waals surface area contributed by atoms with Gasteiger partial charge in [0.15, 0.2) is 0 Å². The lowest BCUT2D eigenvalue weighted by atomic mass is 9.99. The molecule has 5 radical (unpaired) electrons. The second kappa shape index (κ2) is 6.48. The van der Waals surface area contributed by atoms with Crippen molar-refractivity contribution >= 4 is 0 Å². The Kier molecular flexibility index (Phi) is 4.43. The van der Waals surface area contributed by atoms with E-state index < -0.39 is 12.3 Å². The first kappa shape index (κ1) is 15.0. The maximum Gasteiger partial charge on any atom is 0.219 e. The van der Waals surface area contributed by atoms with Gasteiger partial charge in [-0.3, -0.25) is 0 Å². The topological polar surface area (TPSA) is 60.2 Å². The number of rotatable bonds is 5. The van der Waals surface area contributed by atoms with E-state index in [-0.39, 0.29) is 0 Å². The molecule has 113 valence electrons. The van der Waals surface area contributed by atoms with Crippen LogP contribution in [-0.4, -0.2) is 26.0 Å². The van der Waals surface area contributed by atoms with Crippen LogP contribution in [0.2, 0.25) is 0 Å². The van der Waals surface area contributed by atoms with Crippen molar-refractivity contribution in [3.63, 3.8) is 0 Å². The Morgan fingerprint density at radius 3 is 2.55 bits per heavy atom. The minimum atomic E-state index is -0.835. The summed E-state index contributed by atoms with van der Waals surface area (Å²) in [7, 11) is 0. The van der Waals surface area contributed by atoms with E-state index in [1.807, 2.05) is 57.7 Å². The molecule has 22 heavy (non-hydrogen) atoms. The first-order chi connectivity index (χ1) is 10.6. The van der Waals surface area contributed by atoms with Crippen LogP contribution in [0.5, 0.6) is 5.75 Å². The van der Waals surface area contributed by atoms with Crippen LogP contribution in [0.15, 0.2) is 30.9 Å². The van der Waals surface area contributed by atoms with Gasteiger partial charge in [-0.2, -0.15) is 5.10 Å². The Morgan fingerprint density at radius 1 is 1.14 bits per heavy atom. The molecule has 0 spiro atoms. The Labute approximate surface area is 131 Å². The fourth-order valence-corrected chi connectivity index (χ4v) is 2.29. The number of hydrogen-bond donors (Lipinski definition) is 1. The van der Waals surface area contributed by atoms with Gasteiger partial charge in [0.1, 0.15) is 24.5 Å². The molecule has 1 aromatic heterocycles. The molecule has 2 unspecified atom stereocenters. The molecule has 1 aliphatic carbocycles. The van der Waals surface area contributed by atoms with Gasteiger partial charge in [-0.15, -0.1) is 0 Å². The first-order valence-corrected chi connectivity index (χ1v) is 7.13. The van der Waals surface area contributed by atoms with Crippen molar-refractivity contribution in [2.75, 3.05) is 0 Å². The molecule has 2 atom stereocenters. The van der Waals surface area contributed by atoms with E-state index in [1.54, 1.807) is 0 Å². The van der Waals surface area contributed by atoms with E-state index >= 15 is 0 Å². The summed E-state index contributed by atoms with van der Waals surface area (Å²) < 4.78 is 7.51. The molecule has 5 nitrogen and oxygen atoms in total. The SMILES string of the molecule is Cc1ccc(OC(C(O)[C]2[CH][CH][CH][CH]2)n2cncn2)cc1C. The Morgan fingerprint density at radius 2 is 1.91 bits per heavy atom. The van der Waals surface area contributed by atoms with E-state index in [0.29, 0.717) is 5.75 Å². The molecule has 0 saturated heterocycles. The van der Waals surface area contributed by atoms with Crippen LogP contribution in [0.4, 0.5) is 0 Å². The molecule has 1 heterocycles. The molecule has 1 saturated carbocycles. The summed E-state index contributed by atoms with van der Waals surface area (Å²) in [5.74, 6) is 1.47. The fraction of sp³-hybridized carbons (Fsp3) is 0.235. The van der Waals surface area contributed by atoms with Crippen molar-refractivity contribution in [3.05, 3.63) is 73.6 Å². The van der Waals surface area contributed by atoms with E-state index in [1.165, 1.54) is 22.9 Å². The van der Waals surface area contributed by atoms with Crippen molar-refractivity contribution in [1.82, 2.24) is 14.8 Å². The maximum atomic E-state index is 10.6. The Bertz CT molecular complexity index is 606. The van der Waals surface area contributed by atoms with Gasteiger partial charge in [-0.25, -0.2) is 9.67 Å². The van der Waals surface area contributed by atoms with E-state index in [2.05, 4.69) is 10.1 Å². The number of benzene rings is 1. The summed E-state index contributed by atoms with van der Waals surface area (Å²) in [6.07, 6.45) is 8.94. The molecule has 3 rings (SSSR count). The Balaban J connectivity index is 1.83. The van der Waals surface area contributed by atoms with Crippen LogP contribution in [0.25, 0.3) is 0 Å². The van der Waals surface area contributed by atoms with Crippen LogP contribution in [0.1, 0.15) is 17.4 Å². The van der Waals surface area contributed by atoms with Gasteiger partial charge in [0.2, 0.25) is 6.23 Å². The van der Waals surface area contributed by atoms with Crippen molar-refractivity contribution in [3.8, 4) is 5.75 Å². The third-order valence-corrected chi connectivity index (χ3v) is 3.73. The molecule has 1 aliphatic rings. The second-order valence-corrected chi connectivity index (χ2v) is 5.29. The van der Waals surface area contributed by atoms with Crippen LogP contribution in [-0.2, 0) is 0 Å². The molecule has 0 bridgehead atoms. The molecular formula is C17H18N3O2. The lowest BCUT2D eigenvalue weighted by Gasteiger charge is -2.27. The van der Waals surface area contributed by atoms with Crippen LogP contribution in [0.3, 0.4) is 0 Å². The lowest BCUT2D eigenvalue weighted by Crippen LogP contribution is -2.34. The smallest absolute Gasteiger partial charge is 0.219 e. The molecule has 0 aliphatic heterocycles. The number of nitrogens with zero attached hydrogens (tertiary/aromatic N) is 3. The maximum absolute atomic E-state index is 10.6. The van der Waals surface area contributed by atoms with Gasteiger partial charge in [0.25, 0.3) is 0 Å². The number of hydrogen-bond acceptors (Lipinski definition) is 4. The number of aliphatic hydroxyl groups excluding tert-OH is 1. The normalized spacial score (nSPS) is 18.3. The van der Waals surface area contributed by atoms with Crippen molar-refractivity contribution in [2.24, 2.45) is 0 Å². The Hall–Kier alpha value is -1.88. The summed E-state index contributed by atoms with van der Waals surface area (Å²) in [5, 5.41) is 14.7. The predicted molar refractivity (Wildman–Crippen MR) is 82.1 cm³/mol. The zero-order valence-electron chi connectivity index (χ0n) is 12.5. The van der Waals surface area contributed by atoms with Gasteiger partial charge in [0, 0.05) is 5.92 Å². The van der Waals surface area contributed by atoms with Gasteiger partial charge in [0.05, 0.1) is 0 Å². The van der Waals surface area contributed by atoms with Gasteiger partial charge in [-0.05, 0) is 62.8 Å². The average Bonchev–Trinajstić information content (AvgIpc) is 3.20. The van der Waals surface area contributed by atoms with Gasteiger partial charge >= 0.3 is 0 Å². The van der Waals surface area contributed by atoms with Crippen LogP contribution < -0.4 is 4.74 Å². The zero-order chi connectivity index (χ0) is 15.5. The quantitative estimate of drug-likeness (QED) is 0.919. The fourth-order valence-electron chi connectivity index (χ4n) is 2.29. The highest BCUT2D eigenvalue weighted by Gasteiger charge is 2.34. The molecule has 5 heteroatoms. The summed E-state index contributed by atoms with van der Waals surface area (Å²) in [4.78, 5) is 3.94. The van der Waals surface area contributed by atoms with Gasteiger partial charge < -0.3 is 9.84 Å². The molecule has 0 amide bonds. The van der Waals surface area contributed by atoms with Crippen molar-refractivity contribution in [2.45, 2.75) is 26.2 Å². The third-order valence-electron chi connectivity index (χ3n) is 3.73. The monoisotopic (exact) mass is 296 g/mol. The zero-order valence-corrected chi connectivity index (χ0v) is 12.5. The summed E-state index contributed by atoms with van der Waals surface area (Å²) in [6.45, 7) is 4.08. The minimum Gasteiger partial charge on any atom is -0.466 e. The summed E-state index contributed by atoms with van der Waals surface area (Å²) in [6, 6.07) is 5.85. The van der Waals surface area contributed by atoms with E-state index in [0.717, 1.165) is 11.5 Å². The lowest BCUT2D eigenvalue weighted by molar-refractivity contribution is -0.00501. The summed E-state index contributed by atoms with van der Waals surface area (Å²) >= 11 is 0. The standard InChI is InChI=1S/C17H18N3O2/c1-12-7-8-15(9-13(12)2)22-17(20-11-18-10-19-20)16(21)14-5-3-4-6-14/h3-11,16-17,21H,1-2H3. The second-order valence-electron chi connectivity index (χ2n) is 5.29. The van der Waals surface area contributed by atoms with E-state index in [4.69, 9.17) is 4.74 Å². The summed E-state index contributed by atoms with van der Waals surface area (Å²) in [5.41, 5.74) is 2.33. The molecule has 1 N–H and O–H groups in total. The molecular weight excluding hydrogens is 278 g/mol. The number of aryl methyl sites for hydroxylation is 2. The number of aromatic nitrogens is 3. The average molecular weight is 296 g/mol. The number of ether oxygens (including phenoxy) is 1. The van der Waals surface area contributed by atoms with Gasteiger partial charge in [-0.1, -0.05) is 6.07 Å². The molecule has 2 aromatic rings. The van der Waals surface area contributed by atoms with Crippen molar-refractivity contribution < 1.29 is 9.84 Å².